The standard InChI is InChI=1S/C12H13IO3/c1-4-5-16-8-9-6-11(14-2)12(15-3)7-10(9)13/h5-7H,1,8H2,2-3H3. The highest BCUT2D eigenvalue weighted by Crippen LogP contribution is 2.31. The summed E-state index contributed by atoms with van der Waals surface area (Å²) < 4.78 is 16.7. The monoisotopic (exact) mass is 332 g/mol. The third kappa shape index (κ3) is 3.18. The molecule has 0 amide bonds. The zero-order valence-electron chi connectivity index (χ0n) is 9.25. The summed E-state index contributed by atoms with van der Waals surface area (Å²) in [6.07, 6.45) is 1.44. The van der Waals surface area contributed by atoms with Gasteiger partial charge in [0.1, 0.15) is 12.9 Å². The SMILES string of the molecule is C=C=COCc1cc(OC)c(OC)cc1I. The van der Waals surface area contributed by atoms with Crippen molar-refractivity contribution in [1.29, 1.82) is 0 Å². The Morgan fingerprint density at radius 3 is 2.50 bits per heavy atom. The first kappa shape index (κ1) is 12.9. The molecule has 0 heterocycles. The molecule has 0 radical (unpaired) electrons. The van der Waals surface area contributed by atoms with Crippen molar-refractivity contribution in [3.63, 3.8) is 0 Å². The normalized spacial score (nSPS) is 9.19. The molecule has 0 saturated carbocycles. The van der Waals surface area contributed by atoms with Gasteiger partial charge in [0.15, 0.2) is 11.5 Å². The quantitative estimate of drug-likeness (QED) is 0.471. The third-order valence-corrected chi connectivity index (χ3v) is 2.96. The fraction of sp³-hybridized carbons (Fsp3) is 0.250. The van der Waals surface area contributed by atoms with E-state index in [0.29, 0.717) is 12.4 Å². The first-order valence-electron chi connectivity index (χ1n) is 4.59. The average Bonchev–Trinajstić information content (AvgIpc) is 2.31. The van der Waals surface area contributed by atoms with Crippen molar-refractivity contribution in [2.45, 2.75) is 6.61 Å². The van der Waals surface area contributed by atoms with Crippen LogP contribution in [0.2, 0.25) is 0 Å². The second-order valence-electron chi connectivity index (χ2n) is 2.93. The van der Waals surface area contributed by atoms with Gasteiger partial charge in [-0.1, -0.05) is 12.3 Å². The molecule has 1 aromatic rings. The number of ether oxygens (including phenoxy) is 3. The Bertz CT molecular complexity index is 409. The third-order valence-electron chi connectivity index (χ3n) is 1.96. The fourth-order valence-corrected chi connectivity index (χ4v) is 1.79. The maximum atomic E-state index is 5.22. The van der Waals surface area contributed by atoms with Crippen molar-refractivity contribution in [2.24, 2.45) is 0 Å². The highest BCUT2D eigenvalue weighted by Gasteiger charge is 2.09. The van der Waals surface area contributed by atoms with Crippen LogP contribution in [-0.2, 0) is 11.3 Å². The molecule has 1 rings (SSSR count). The molecule has 0 bridgehead atoms. The molecule has 86 valence electrons. The van der Waals surface area contributed by atoms with E-state index < -0.39 is 0 Å². The first-order chi connectivity index (χ1) is 7.72. The van der Waals surface area contributed by atoms with E-state index in [1.54, 1.807) is 14.2 Å². The Morgan fingerprint density at radius 1 is 1.31 bits per heavy atom. The Hall–Kier alpha value is -1.13. The average molecular weight is 332 g/mol. The highest BCUT2D eigenvalue weighted by molar-refractivity contribution is 14.1. The smallest absolute Gasteiger partial charge is 0.161 e. The Kier molecular flexibility index (Phi) is 5.22. The van der Waals surface area contributed by atoms with Crippen LogP contribution in [0.5, 0.6) is 11.5 Å². The molecule has 1 aromatic carbocycles. The molecule has 0 saturated heterocycles. The van der Waals surface area contributed by atoms with Gasteiger partial charge in [0.25, 0.3) is 0 Å². The fourth-order valence-electron chi connectivity index (χ4n) is 1.20. The van der Waals surface area contributed by atoms with Gasteiger partial charge in [0.2, 0.25) is 0 Å². The van der Waals surface area contributed by atoms with Crippen molar-refractivity contribution in [1.82, 2.24) is 0 Å². The lowest BCUT2D eigenvalue weighted by molar-refractivity contribution is 0.235. The molecule has 3 nitrogen and oxygen atoms in total. The van der Waals surface area contributed by atoms with Crippen molar-refractivity contribution in [3.8, 4) is 11.5 Å². The van der Waals surface area contributed by atoms with Crippen molar-refractivity contribution in [3.05, 3.63) is 39.8 Å². The van der Waals surface area contributed by atoms with Gasteiger partial charge in [-0.05, 0) is 34.7 Å². The molecular weight excluding hydrogens is 319 g/mol. The van der Waals surface area contributed by atoms with Crippen molar-refractivity contribution < 1.29 is 14.2 Å². The van der Waals surface area contributed by atoms with Crippen LogP contribution in [0.25, 0.3) is 0 Å². The van der Waals surface area contributed by atoms with Crippen LogP contribution >= 0.6 is 22.6 Å². The molecule has 0 aliphatic heterocycles. The Morgan fingerprint density at radius 2 is 1.94 bits per heavy atom. The van der Waals surface area contributed by atoms with Gasteiger partial charge in [-0.3, -0.25) is 0 Å². The summed E-state index contributed by atoms with van der Waals surface area (Å²) in [6, 6.07) is 3.81. The Labute approximate surface area is 109 Å². The van der Waals surface area contributed by atoms with Crippen LogP contribution in [0.4, 0.5) is 0 Å². The summed E-state index contributed by atoms with van der Waals surface area (Å²) in [7, 11) is 3.23. The lowest BCUT2D eigenvalue weighted by Gasteiger charge is -2.11. The Balaban J connectivity index is 2.96. The maximum absolute atomic E-state index is 5.22. The second kappa shape index (κ2) is 6.45. The van der Waals surface area contributed by atoms with E-state index in [-0.39, 0.29) is 0 Å². The molecular formula is C12H13IO3. The van der Waals surface area contributed by atoms with Gasteiger partial charge < -0.3 is 14.2 Å². The van der Waals surface area contributed by atoms with Crippen molar-refractivity contribution in [2.75, 3.05) is 14.2 Å². The van der Waals surface area contributed by atoms with Crippen LogP contribution in [0.15, 0.2) is 30.7 Å². The van der Waals surface area contributed by atoms with Gasteiger partial charge in [0, 0.05) is 9.13 Å². The number of rotatable bonds is 5. The van der Waals surface area contributed by atoms with E-state index >= 15 is 0 Å². The lowest BCUT2D eigenvalue weighted by atomic mass is 10.2. The van der Waals surface area contributed by atoms with E-state index in [0.717, 1.165) is 14.9 Å². The lowest BCUT2D eigenvalue weighted by Crippen LogP contribution is -1.96. The number of hydrogen-bond donors (Lipinski definition) is 0. The highest BCUT2D eigenvalue weighted by atomic mass is 127. The van der Waals surface area contributed by atoms with Crippen LogP contribution in [-0.4, -0.2) is 14.2 Å². The number of methoxy groups -OCH3 is 2. The van der Waals surface area contributed by atoms with Gasteiger partial charge in [-0.2, -0.15) is 0 Å². The molecule has 0 aliphatic rings. The van der Waals surface area contributed by atoms with Gasteiger partial charge in [-0.25, -0.2) is 0 Å². The molecule has 0 fully saturated rings. The molecule has 0 aliphatic carbocycles. The zero-order valence-corrected chi connectivity index (χ0v) is 11.4. The summed E-state index contributed by atoms with van der Waals surface area (Å²) in [5.41, 5.74) is 3.59. The van der Waals surface area contributed by atoms with E-state index in [9.17, 15) is 0 Å². The first-order valence-corrected chi connectivity index (χ1v) is 5.67. The van der Waals surface area contributed by atoms with E-state index in [4.69, 9.17) is 14.2 Å². The summed E-state index contributed by atoms with van der Waals surface area (Å²) in [5.74, 6) is 1.42. The predicted octanol–water partition coefficient (Wildman–Crippen LogP) is 3.12. The van der Waals surface area contributed by atoms with Gasteiger partial charge in [0.05, 0.1) is 14.2 Å². The molecule has 0 aromatic heterocycles. The molecule has 0 unspecified atom stereocenters. The summed E-state index contributed by atoms with van der Waals surface area (Å²) in [5, 5.41) is 0. The number of hydrogen-bond acceptors (Lipinski definition) is 3. The zero-order chi connectivity index (χ0) is 12.0. The van der Waals surface area contributed by atoms with Gasteiger partial charge >= 0.3 is 0 Å². The van der Waals surface area contributed by atoms with Crippen LogP contribution < -0.4 is 9.47 Å². The largest absolute Gasteiger partial charge is 0.493 e. The van der Waals surface area contributed by atoms with Crippen molar-refractivity contribution >= 4 is 22.6 Å². The molecule has 16 heavy (non-hydrogen) atoms. The summed E-state index contributed by atoms with van der Waals surface area (Å²) in [6.45, 7) is 3.88. The second-order valence-corrected chi connectivity index (χ2v) is 4.09. The minimum Gasteiger partial charge on any atom is -0.493 e. The van der Waals surface area contributed by atoms with E-state index in [2.05, 4.69) is 34.9 Å². The topological polar surface area (TPSA) is 27.7 Å². The molecule has 0 atom stereocenters. The van der Waals surface area contributed by atoms with Crippen LogP contribution in [0.1, 0.15) is 5.56 Å². The predicted molar refractivity (Wildman–Crippen MR) is 70.8 cm³/mol. The van der Waals surface area contributed by atoms with E-state index in [1.165, 1.54) is 6.26 Å². The molecule has 0 N–H and O–H groups in total. The number of benzene rings is 1. The van der Waals surface area contributed by atoms with Gasteiger partial charge in [-0.15, -0.1) is 0 Å². The summed E-state index contributed by atoms with van der Waals surface area (Å²) >= 11 is 2.23. The molecule has 0 spiro atoms. The summed E-state index contributed by atoms with van der Waals surface area (Å²) in [4.78, 5) is 0. The maximum Gasteiger partial charge on any atom is 0.161 e. The van der Waals surface area contributed by atoms with Crippen LogP contribution in [0.3, 0.4) is 0 Å². The van der Waals surface area contributed by atoms with Crippen LogP contribution in [0, 0.1) is 3.57 Å². The number of halogens is 1. The molecule has 4 heteroatoms. The van der Waals surface area contributed by atoms with E-state index in [1.807, 2.05) is 12.1 Å². The minimum atomic E-state index is 0.459. The minimum absolute atomic E-state index is 0.459.